The molecule has 0 spiro atoms. The molecule has 5 heteroatoms. The molecule has 2 rings (SSSR count). The van der Waals surface area contributed by atoms with Gasteiger partial charge in [0.1, 0.15) is 5.76 Å². The molecule has 0 unspecified atom stereocenters. The van der Waals surface area contributed by atoms with Crippen LogP contribution in [0.3, 0.4) is 0 Å². The summed E-state index contributed by atoms with van der Waals surface area (Å²) in [5, 5.41) is 8.79. The van der Waals surface area contributed by atoms with Gasteiger partial charge in [-0.25, -0.2) is 0 Å². The van der Waals surface area contributed by atoms with Crippen LogP contribution in [0, 0.1) is 11.8 Å². The van der Waals surface area contributed by atoms with Crippen molar-refractivity contribution >= 4 is 11.9 Å². The Balaban J connectivity index is 1.99. The zero-order chi connectivity index (χ0) is 12.6. The van der Waals surface area contributed by atoms with Crippen molar-refractivity contribution in [2.75, 3.05) is 7.05 Å². The highest BCUT2D eigenvalue weighted by atomic mass is 16.4. The molecule has 92 valence electrons. The van der Waals surface area contributed by atoms with Crippen molar-refractivity contribution in [3.8, 4) is 0 Å². The predicted octanol–water partition coefficient (Wildman–Crippen LogP) is 1.52. The average molecular weight is 237 g/mol. The predicted molar refractivity (Wildman–Crippen MR) is 59.1 cm³/mol. The molecule has 3 atom stereocenters. The van der Waals surface area contributed by atoms with E-state index in [0.717, 1.165) is 0 Å². The molecule has 1 N–H and O–H groups in total. The molecule has 1 aromatic heterocycles. The number of nitrogens with zero attached hydrogens (tertiary/aromatic N) is 1. The Morgan fingerprint density at radius 2 is 2.24 bits per heavy atom. The molecule has 0 saturated heterocycles. The molecule has 0 radical (unpaired) electrons. The summed E-state index contributed by atoms with van der Waals surface area (Å²) in [6.07, 6.45) is 2.00. The highest BCUT2D eigenvalue weighted by molar-refractivity contribution is 5.89. The first kappa shape index (κ1) is 11.7. The van der Waals surface area contributed by atoms with Crippen LogP contribution in [0.1, 0.15) is 25.1 Å². The molecular formula is C12H15NO4. The maximum absolute atomic E-state index is 12.0. The molecule has 0 aromatic carbocycles. The Morgan fingerprint density at radius 3 is 2.71 bits per heavy atom. The second-order valence-electron chi connectivity index (χ2n) is 4.43. The van der Waals surface area contributed by atoms with Crippen LogP contribution in [0.25, 0.3) is 0 Å². The van der Waals surface area contributed by atoms with Crippen molar-refractivity contribution in [1.29, 1.82) is 0 Å². The molecule has 17 heavy (non-hydrogen) atoms. The van der Waals surface area contributed by atoms with E-state index in [9.17, 15) is 9.59 Å². The Hall–Kier alpha value is -1.78. The summed E-state index contributed by atoms with van der Waals surface area (Å²) in [6, 6.07) is 3.39. The fraction of sp³-hybridized carbons (Fsp3) is 0.500. The van der Waals surface area contributed by atoms with Crippen LogP contribution in [0.2, 0.25) is 0 Å². The van der Waals surface area contributed by atoms with Crippen molar-refractivity contribution < 1.29 is 19.1 Å². The van der Waals surface area contributed by atoms with Gasteiger partial charge >= 0.3 is 5.97 Å². The topological polar surface area (TPSA) is 70.8 Å². The van der Waals surface area contributed by atoms with E-state index in [0.29, 0.717) is 12.2 Å². The first-order valence-electron chi connectivity index (χ1n) is 5.55. The zero-order valence-electron chi connectivity index (χ0n) is 9.79. The van der Waals surface area contributed by atoms with Crippen molar-refractivity contribution in [2.24, 2.45) is 11.8 Å². The van der Waals surface area contributed by atoms with Crippen molar-refractivity contribution in [1.82, 2.24) is 4.90 Å². The van der Waals surface area contributed by atoms with Gasteiger partial charge in [0.25, 0.3) is 0 Å². The highest BCUT2D eigenvalue weighted by Crippen LogP contribution is 2.41. The summed E-state index contributed by atoms with van der Waals surface area (Å²) < 4.78 is 5.23. The van der Waals surface area contributed by atoms with Gasteiger partial charge < -0.3 is 14.4 Å². The third-order valence-corrected chi connectivity index (χ3v) is 3.31. The van der Waals surface area contributed by atoms with E-state index in [1.807, 2.05) is 6.92 Å². The van der Waals surface area contributed by atoms with E-state index in [-0.39, 0.29) is 17.9 Å². The Morgan fingerprint density at radius 1 is 1.53 bits per heavy atom. The Kier molecular flexibility index (Phi) is 2.92. The van der Waals surface area contributed by atoms with Crippen LogP contribution in [0.4, 0.5) is 0 Å². The lowest BCUT2D eigenvalue weighted by Gasteiger charge is -2.23. The number of hydrogen-bond donors (Lipinski definition) is 1. The molecule has 1 aromatic rings. The quantitative estimate of drug-likeness (QED) is 0.861. The molecular weight excluding hydrogens is 222 g/mol. The standard InChI is InChI=1S/C12H15NO4/c1-7(10-4-3-5-17-10)13(2)11(14)8-6-9(8)12(15)16/h3-5,7-9H,6H2,1-2H3,(H,15,16)/t7-,8+,9+/m1/s1. The first-order valence-corrected chi connectivity index (χ1v) is 5.55. The lowest BCUT2D eigenvalue weighted by Crippen LogP contribution is -2.31. The number of furan rings is 1. The van der Waals surface area contributed by atoms with E-state index in [1.165, 1.54) is 0 Å². The SMILES string of the molecule is C[C@H](c1ccco1)N(C)C(=O)[C@H]1C[C@@H]1C(=O)O. The van der Waals surface area contributed by atoms with Crippen LogP contribution in [0.15, 0.2) is 22.8 Å². The number of carboxylic acid groups (broad SMARTS) is 1. The zero-order valence-corrected chi connectivity index (χ0v) is 9.79. The van der Waals surface area contributed by atoms with Crippen LogP contribution >= 0.6 is 0 Å². The van der Waals surface area contributed by atoms with E-state index >= 15 is 0 Å². The van der Waals surface area contributed by atoms with E-state index in [2.05, 4.69) is 0 Å². The lowest BCUT2D eigenvalue weighted by molar-refractivity contribution is -0.142. The third kappa shape index (κ3) is 2.18. The lowest BCUT2D eigenvalue weighted by atomic mass is 10.2. The van der Waals surface area contributed by atoms with Gasteiger partial charge in [0.05, 0.1) is 24.1 Å². The minimum absolute atomic E-state index is 0.124. The number of carbonyl (C=O) groups excluding carboxylic acids is 1. The smallest absolute Gasteiger partial charge is 0.307 e. The molecule has 1 fully saturated rings. The maximum atomic E-state index is 12.0. The molecule has 0 bridgehead atoms. The second-order valence-corrected chi connectivity index (χ2v) is 4.43. The van der Waals surface area contributed by atoms with Gasteiger partial charge in [-0.3, -0.25) is 9.59 Å². The number of carbonyl (C=O) groups is 2. The van der Waals surface area contributed by atoms with Gasteiger partial charge in [0.15, 0.2) is 0 Å². The number of carboxylic acids is 1. The van der Waals surface area contributed by atoms with Gasteiger partial charge in [-0.15, -0.1) is 0 Å². The Labute approximate surface area is 99.0 Å². The van der Waals surface area contributed by atoms with Crippen LogP contribution in [0.5, 0.6) is 0 Å². The number of amides is 1. The van der Waals surface area contributed by atoms with E-state index in [1.54, 1.807) is 30.3 Å². The number of aliphatic carboxylic acids is 1. The highest BCUT2D eigenvalue weighted by Gasteiger charge is 2.49. The van der Waals surface area contributed by atoms with Gasteiger partial charge in [0, 0.05) is 7.05 Å². The number of hydrogen-bond acceptors (Lipinski definition) is 3. The average Bonchev–Trinajstić information content (AvgIpc) is 2.93. The summed E-state index contributed by atoms with van der Waals surface area (Å²) in [4.78, 5) is 24.2. The largest absolute Gasteiger partial charge is 0.481 e. The van der Waals surface area contributed by atoms with E-state index < -0.39 is 11.9 Å². The minimum Gasteiger partial charge on any atom is -0.481 e. The second kappa shape index (κ2) is 4.24. The monoisotopic (exact) mass is 237 g/mol. The summed E-state index contributed by atoms with van der Waals surface area (Å²) >= 11 is 0. The molecule has 0 aliphatic heterocycles. The summed E-state index contributed by atoms with van der Waals surface area (Å²) in [7, 11) is 1.67. The molecule has 1 aliphatic rings. The van der Waals surface area contributed by atoms with Crippen molar-refractivity contribution in [3.05, 3.63) is 24.2 Å². The summed E-state index contributed by atoms with van der Waals surface area (Å²) in [5.41, 5.74) is 0. The van der Waals surface area contributed by atoms with Gasteiger partial charge in [-0.05, 0) is 25.5 Å². The molecule has 5 nitrogen and oxygen atoms in total. The molecule has 1 heterocycles. The maximum Gasteiger partial charge on any atom is 0.307 e. The van der Waals surface area contributed by atoms with Crippen molar-refractivity contribution in [2.45, 2.75) is 19.4 Å². The normalized spacial score (nSPS) is 24.1. The van der Waals surface area contributed by atoms with Gasteiger partial charge in [-0.2, -0.15) is 0 Å². The summed E-state index contributed by atoms with van der Waals surface area (Å²) in [6.45, 7) is 1.86. The van der Waals surface area contributed by atoms with Gasteiger partial charge in [0.2, 0.25) is 5.91 Å². The van der Waals surface area contributed by atoms with Crippen LogP contribution in [-0.2, 0) is 9.59 Å². The van der Waals surface area contributed by atoms with E-state index in [4.69, 9.17) is 9.52 Å². The Bertz CT molecular complexity index is 426. The van der Waals surface area contributed by atoms with Gasteiger partial charge in [-0.1, -0.05) is 0 Å². The fourth-order valence-electron chi connectivity index (χ4n) is 1.91. The first-order chi connectivity index (χ1) is 8.02. The van der Waals surface area contributed by atoms with Crippen molar-refractivity contribution in [3.63, 3.8) is 0 Å². The minimum atomic E-state index is -0.887. The molecule has 1 saturated carbocycles. The summed E-state index contributed by atoms with van der Waals surface area (Å²) in [5.74, 6) is -1.18. The van der Waals surface area contributed by atoms with Crippen LogP contribution in [-0.4, -0.2) is 28.9 Å². The molecule has 1 aliphatic carbocycles. The number of rotatable bonds is 4. The fourth-order valence-corrected chi connectivity index (χ4v) is 1.91. The third-order valence-electron chi connectivity index (χ3n) is 3.31. The van der Waals surface area contributed by atoms with Crippen LogP contribution < -0.4 is 0 Å². The molecule has 1 amide bonds.